The summed E-state index contributed by atoms with van der Waals surface area (Å²) in [4.78, 5) is 2.23. The molecule has 0 aliphatic carbocycles. The molecule has 0 bridgehead atoms. The van der Waals surface area contributed by atoms with Gasteiger partial charge < -0.3 is 9.47 Å². The van der Waals surface area contributed by atoms with Gasteiger partial charge in [-0.25, -0.2) is 4.83 Å². The van der Waals surface area contributed by atoms with Crippen molar-refractivity contribution < 1.29 is 17.9 Å². The van der Waals surface area contributed by atoms with Crippen LogP contribution in [0.5, 0.6) is 11.5 Å². The van der Waals surface area contributed by atoms with E-state index in [1.165, 1.54) is 37.6 Å². The Kier molecular flexibility index (Phi) is 6.91. The number of hydrazone groups is 1. The molecule has 0 heterocycles. The largest absolute Gasteiger partial charge is 0.493 e. The molecule has 0 saturated carbocycles. The van der Waals surface area contributed by atoms with Gasteiger partial charge in [0.05, 0.1) is 28.8 Å². The van der Waals surface area contributed by atoms with Gasteiger partial charge in [-0.05, 0) is 71.7 Å². The zero-order chi connectivity index (χ0) is 19.3. The Labute approximate surface area is 166 Å². The highest BCUT2D eigenvalue weighted by Gasteiger charge is 2.14. The second-order valence-electron chi connectivity index (χ2n) is 5.51. The fourth-order valence-corrected chi connectivity index (χ4v) is 3.47. The van der Waals surface area contributed by atoms with Crippen LogP contribution in [0.4, 0.5) is 0 Å². The third-order valence-corrected chi connectivity index (χ3v) is 5.20. The fourth-order valence-electron chi connectivity index (χ4n) is 2.00. The molecule has 0 aromatic heterocycles. The fraction of sp³-hybridized carbons (Fsp3) is 0.235. The van der Waals surface area contributed by atoms with Crippen LogP contribution in [0.2, 0.25) is 5.02 Å². The molecule has 26 heavy (non-hydrogen) atoms. The van der Waals surface area contributed by atoms with E-state index in [1.807, 2.05) is 13.8 Å². The average Bonchev–Trinajstić information content (AvgIpc) is 2.57. The normalized spacial score (nSPS) is 11.8. The van der Waals surface area contributed by atoms with Crippen LogP contribution in [-0.4, -0.2) is 27.8 Å². The number of benzene rings is 2. The first-order valence-electron chi connectivity index (χ1n) is 7.57. The predicted molar refractivity (Wildman–Crippen MR) is 106 cm³/mol. The molecule has 0 amide bonds. The molecular weight excluding hydrogens is 444 g/mol. The summed E-state index contributed by atoms with van der Waals surface area (Å²) in [6.07, 6.45) is 1.35. The molecule has 0 radical (unpaired) electrons. The Bertz CT molecular complexity index is 900. The Morgan fingerprint density at radius 2 is 1.88 bits per heavy atom. The van der Waals surface area contributed by atoms with Crippen LogP contribution in [-0.2, 0) is 10.0 Å². The lowest BCUT2D eigenvalue weighted by Gasteiger charge is -2.15. The van der Waals surface area contributed by atoms with Crippen molar-refractivity contribution in [1.29, 1.82) is 0 Å². The predicted octanol–water partition coefficient (Wildman–Crippen LogP) is 4.21. The van der Waals surface area contributed by atoms with Crippen molar-refractivity contribution in [2.24, 2.45) is 5.10 Å². The molecule has 0 spiro atoms. The van der Waals surface area contributed by atoms with E-state index < -0.39 is 10.0 Å². The van der Waals surface area contributed by atoms with Gasteiger partial charge in [0.15, 0.2) is 11.5 Å². The van der Waals surface area contributed by atoms with Gasteiger partial charge in [0.2, 0.25) is 0 Å². The maximum Gasteiger partial charge on any atom is 0.276 e. The van der Waals surface area contributed by atoms with Crippen molar-refractivity contribution in [3.63, 3.8) is 0 Å². The minimum Gasteiger partial charge on any atom is -0.493 e. The summed E-state index contributed by atoms with van der Waals surface area (Å²) < 4.78 is 36.1. The molecular formula is C17H18BrClN2O4S. The Morgan fingerprint density at radius 1 is 1.23 bits per heavy atom. The molecule has 6 nitrogen and oxygen atoms in total. The first kappa shape index (κ1) is 20.5. The van der Waals surface area contributed by atoms with Gasteiger partial charge in [0.1, 0.15) is 0 Å². The zero-order valence-corrected chi connectivity index (χ0v) is 17.5. The Morgan fingerprint density at radius 3 is 2.46 bits per heavy atom. The smallest absolute Gasteiger partial charge is 0.276 e. The van der Waals surface area contributed by atoms with Crippen molar-refractivity contribution in [3.8, 4) is 11.5 Å². The molecule has 9 heteroatoms. The van der Waals surface area contributed by atoms with Crippen LogP contribution in [0, 0.1) is 0 Å². The van der Waals surface area contributed by atoms with Crippen LogP contribution in [0.3, 0.4) is 0 Å². The molecule has 0 aliphatic heterocycles. The maximum atomic E-state index is 12.2. The van der Waals surface area contributed by atoms with Gasteiger partial charge in [-0.1, -0.05) is 11.6 Å². The van der Waals surface area contributed by atoms with Crippen LogP contribution in [0.15, 0.2) is 50.9 Å². The minimum absolute atomic E-state index is 0.0223. The summed E-state index contributed by atoms with van der Waals surface area (Å²) >= 11 is 9.19. The monoisotopic (exact) mass is 460 g/mol. The molecule has 0 atom stereocenters. The van der Waals surface area contributed by atoms with Crippen LogP contribution < -0.4 is 14.3 Å². The first-order valence-corrected chi connectivity index (χ1v) is 10.2. The number of halogens is 2. The number of hydrogen-bond donors (Lipinski definition) is 1. The molecule has 0 fully saturated rings. The Balaban J connectivity index is 2.20. The topological polar surface area (TPSA) is 77.0 Å². The van der Waals surface area contributed by atoms with Crippen LogP contribution in [0.25, 0.3) is 0 Å². The zero-order valence-electron chi connectivity index (χ0n) is 14.4. The number of methoxy groups -OCH3 is 1. The van der Waals surface area contributed by atoms with Gasteiger partial charge in [-0.15, -0.1) is 0 Å². The van der Waals surface area contributed by atoms with E-state index in [4.69, 9.17) is 21.1 Å². The highest BCUT2D eigenvalue weighted by atomic mass is 79.9. The number of rotatable bonds is 7. The lowest BCUT2D eigenvalue weighted by atomic mass is 10.2. The van der Waals surface area contributed by atoms with Gasteiger partial charge in [-0.3, -0.25) is 0 Å². The quantitative estimate of drug-likeness (QED) is 0.495. The molecule has 2 rings (SSSR count). The SMILES string of the molecule is COc1cc(/C=N/NS(=O)(=O)c2ccc(Cl)cc2)cc(Br)c1OC(C)C. The molecule has 140 valence electrons. The summed E-state index contributed by atoms with van der Waals surface area (Å²) in [5.74, 6) is 1.08. The van der Waals surface area contributed by atoms with Gasteiger partial charge >= 0.3 is 0 Å². The summed E-state index contributed by atoms with van der Waals surface area (Å²) in [7, 11) is -2.24. The highest BCUT2D eigenvalue weighted by Crippen LogP contribution is 2.36. The molecule has 0 saturated heterocycles. The third-order valence-electron chi connectivity index (χ3n) is 3.12. The second kappa shape index (κ2) is 8.75. The van der Waals surface area contributed by atoms with Crippen LogP contribution in [0.1, 0.15) is 19.4 Å². The molecule has 0 unspecified atom stereocenters. The number of nitrogens with zero attached hydrogens (tertiary/aromatic N) is 1. The van der Waals surface area contributed by atoms with E-state index in [9.17, 15) is 8.42 Å². The number of hydrogen-bond acceptors (Lipinski definition) is 5. The van der Waals surface area contributed by atoms with E-state index in [-0.39, 0.29) is 11.0 Å². The molecule has 1 N–H and O–H groups in total. The maximum absolute atomic E-state index is 12.2. The minimum atomic E-state index is -3.77. The summed E-state index contributed by atoms with van der Waals surface area (Å²) in [5.41, 5.74) is 0.628. The lowest BCUT2D eigenvalue weighted by molar-refractivity contribution is 0.228. The molecule has 0 aliphatic rings. The van der Waals surface area contributed by atoms with Gasteiger partial charge in [0, 0.05) is 5.02 Å². The Hall–Kier alpha value is -1.77. The average molecular weight is 462 g/mol. The second-order valence-corrected chi connectivity index (χ2v) is 8.46. The van der Waals surface area contributed by atoms with Crippen molar-refractivity contribution in [3.05, 3.63) is 51.5 Å². The number of nitrogens with one attached hydrogen (secondary N) is 1. The van der Waals surface area contributed by atoms with Crippen molar-refractivity contribution in [1.82, 2.24) is 4.83 Å². The first-order chi connectivity index (χ1) is 12.2. The highest BCUT2D eigenvalue weighted by molar-refractivity contribution is 9.10. The van der Waals surface area contributed by atoms with Crippen molar-refractivity contribution in [2.75, 3.05) is 7.11 Å². The van der Waals surface area contributed by atoms with Crippen molar-refractivity contribution in [2.45, 2.75) is 24.8 Å². The summed E-state index contributed by atoms with van der Waals surface area (Å²) in [5, 5.41) is 4.26. The van der Waals surface area contributed by atoms with E-state index in [1.54, 1.807) is 12.1 Å². The third kappa shape index (κ3) is 5.36. The van der Waals surface area contributed by atoms with E-state index in [0.717, 1.165) is 0 Å². The summed E-state index contributed by atoms with van der Waals surface area (Å²) in [6, 6.07) is 9.24. The lowest BCUT2D eigenvalue weighted by Crippen LogP contribution is -2.18. The summed E-state index contributed by atoms with van der Waals surface area (Å²) in [6.45, 7) is 3.82. The molecule has 2 aromatic carbocycles. The van der Waals surface area contributed by atoms with Crippen LogP contribution >= 0.6 is 27.5 Å². The van der Waals surface area contributed by atoms with E-state index in [0.29, 0.717) is 26.6 Å². The molecule has 2 aromatic rings. The van der Waals surface area contributed by atoms with Gasteiger partial charge in [0.25, 0.3) is 10.0 Å². The van der Waals surface area contributed by atoms with E-state index >= 15 is 0 Å². The van der Waals surface area contributed by atoms with Gasteiger partial charge in [-0.2, -0.15) is 13.5 Å². The van der Waals surface area contributed by atoms with Crippen molar-refractivity contribution >= 4 is 43.8 Å². The number of sulfonamides is 1. The van der Waals surface area contributed by atoms with E-state index in [2.05, 4.69) is 25.9 Å². The number of ether oxygens (including phenoxy) is 2. The standard InChI is InChI=1S/C17H18BrClN2O4S/c1-11(2)25-17-15(18)8-12(9-16(17)24-3)10-20-21-26(22,23)14-6-4-13(19)5-7-14/h4-11,21H,1-3H3/b20-10+.